The summed E-state index contributed by atoms with van der Waals surface area (Å²) in [6.45, 7) is 6.37. The van der Waals surface area contributed by atoms with Crippen LogP contribution < -0.4 is 14.2 Å². The number of carbonyl (C=O) groups excluding carboxylic acids is 1. The topological polar surface area (TPSA) is 44.8 Å². The number of ether oxygens (including phenoxy) is 3. The predicted molar refractivity (Wildman–Crippen MR) is 132 cm³/mol. The van der Waals surface area contributed by atoms with Crippen LogP contribution in [-0.4, -0.2) is 27.1 Å². The molecule has 0 atom stereocenters. The molecule has 0 spiro atoms. The summed E-state index contributed by atoms with van der Waals surface area (Å²) in [5.74, 6) is 1.87. The van der Waals surface area contributed by atoms with Crippen molar-refractivity contribution in [2.75, 3.05) is 21.3 Å². The van der Waals surface area contributed by atoms with Gasteiger partial charge in [-0.3, -0.25) is 4.79 Å². The molecule has 0 fully saturated rings. The van der Waals surface area contributed by atoms with Gasteiger partial charge in [-0.15, -0.1) is 0 Å². The molecule has 0 N–H and O–H groups in total. The van der Waals surface area contributed by atoms with E-state index in [1.165, 1.54) is 11.1 Å². The van der Waals surface area contributed by atoms with Crippen molar-refractivity contribution in [3.63, 3.8) is 0 Å². The van der Waals surface area contributed by atoms with Crippen molar-refractivity contribution in [3.8, 4) is 17.2 Å². The maximum absolute atomic E-state index is 13.0. The Morgan fingerprint density at radius 2 is 1.56 bits per heavy atom. The minimum Gasteiger partial charge on any atom is -0.497 e. The standard InChI is InChI=1S/C28H34O4/c1-20(2)8-7-9-21(3)10-14-23-18-25(28(32-6)19-27(23)31-5)26(29)17-13-22-11-15-24(30-4)16-12-22/h8,10-13,15-19H,7,9,14H2,1-6H3/b17-13+,21-10+. The second-order valence-electron chi connectivity index (χ2n) is 7.91. The minimum atomic E-state index is -0.120. The van der Waals surface area contributed by atoms with Gasteiger partial charge < -0.3 is 14.2 Å². The Labute approximate surface area is 192 Å². The van der Waals surface area contributed by atoms with Crippen molar-refractivity contribution in [1.29, 1.82) is 0 Å². The van der Waals surface area contributed by atoms with Gasteiger partial charge >= 0.3 is 0 Å². The van der Waals surface area contributed by atoms with Gasteiger partial charge in [-0.05, 0) is 75.4 Å². The molecular formula is C28H34O4. The minimum absolute atomic E-state index is 0.120. The Kier molecular flexibility index (Phi) is 9.80. The Bertz CT molecular complexity index is 991. The first kappa shape index (κ1) is 25.0. The first-order valence-electron chi connectivity index (χ1n) is 10.8. The van der Waals surface area contributed by atoms with Crippen LogP contribution in [0.15, 0.2) is 65.8 Å². The Morgan fingerprint density at radius 1 is 0.875 bits per heavy atom. The molecule has 0 heterocycles. The van der Waals surface area contributed by atoms with Crippen LogP contribution in [0.1, 0.15) is 55.1 Å². The fourth-order valence-corrected chi connectivity index (χ4v) is 3.27. The molecule has 0 amide bonds. The molecule has 0 aliphatic heterocycles. The fraction of sp³-hybridized carbons (Fsp3) is 0.321. The molecule has 0 aromatic heterocycles. The van der Waals surface area contributed by atoms with E-state index in [2.05, 4.69) is 32.9 Å². The molecule has 0 saturated heterocycles. The van der Waals surface area contributed by atoms with Gasteiger partial charge in [0.1, 0.15) is 17.2 Å². The first-order valence-corrected chi connectivity index (χ1v) is 10.8. The molecule has 4 heteroatoms. The zero-order valence-corrected chi connectivity index (χ0v) is 20.0. The van der Waals surface area contributed by atoms with Crippen LogP contribution >= 0.6 is 0 Å². The maximum Gasteiger partial charge on any atom is 0.189 e. The maximum atomic E-state index is 13.0. The lowest BCUT2D eigenvalue weighted by molar-refractivity contribution is 0.104. The Balaban J connectivity index is 2.24. The third kappa shape index (κ3) is 7.45. The molecule has 2 aromatic carbocycles. The van der Waals surface area contributed by atoms with Crippen LogP contribution in [0.3, 0.4) is 0 Å². The first-order chi connectivity index (χ1) is 15.4. The van der Waals surface area contributed by atoms with E-state index in [9.17, 15) is 4.79 Å². The van der Waals surface area contributed by atoms with Crippen LogP contribution in [-0.2, 0) is 6.42 Å². The predicted octanol–water partition coefficient (Wildman–Crippen LogP) is 6.84. The largest absolute Gasteiger partial charge is 0.497 e. The van der Waals surface area contributed by atoms with E-state index in [-0.39, 0.29) is 5.78 Å². The number of allylic oxidation sites excluding steroid dienone is 5. The van der Waals surface area contributed by atoms with Crippen molar-refractivity contribution in [2.24, 2.45) is 0 Å². The zero-order chi connectivity index (χ0) is 23.5. The SMILES string of the molecule is COc1ccc(/C=C/C(=O)c2cc(C/C=C(\C)CCC=C(C)C)c(OC)cc2OC)cc1. The van der Waals surface area contributed by atoms with Gasteiger partial charge in [0, 0.05) is 6.07 Å². The highest BCUT2D eigenvalue weighted by atomic mass is 16.5. The van der Waals surface area contributed by atoms with E-state index in [0.717, 1.165) is 29.7 Å². The normalized spacial score (nSPS) is 11.4. The highest BCUT2D eigenvalue weighted by Gasteiger charge is 2.15. The number of hydrogen-bond acceptors (Lipinski definition) is 4. The zero-order valence-electron chi connectivity index (χ0n) is 20.0. The van der Waals surface area contributed by atoms with Gasteiger partial charge in [-0.25, -0.2) is 0 Å². The van der Waals surface area contributed by atoms with Gasteiger partial charge in [0.05, 0.1) is 26.9 Å². The third-order valence-corrected chi connectivity index (χ3v) is 5.17. The number of benzene rings is 2. The summed E-state index contributed by atoms with van der Waals surface area (Å²) in [6.07, 6.45) is 10.5. The molecule has 0 radical (unpaired) electrons. The van der Waals surface area contributed by atoms with Crippen molar-refractivity contribution < 1.29 is 19.0 Å². The quantitative estimate of drug-likeness (QED) is 0.220. The van der Waals surface area contributed by atoms with Gasteiger partial charge in [-0.2, -0.15) is 0 Å². The van der Waals surface area contributed by atoms with Crippen LogP contribution in [0, 0.1) is 0 Å². The molecule has 0 saturated carbocycles. The summed E-state index contributed by atoms with van der Waals surface area (Å²) in [5.41, 5.74) is 5.04. The van der Waals surface area contributed by atoms with E-state index in [1.54, 1.807) is 39.5 Å². The molecule has 32 heavy (non-hydrogen) atoms. The fourth-order valence-electron chi connectivity index (χ4n) is 3.27. The third-order valence-electron chi connectivity index (χ3n) is 5.17. The highest BCUT2D eigenvalue weighted by Crippen LogP contribution is 2.31. The van der Waals surface area contributed by atoms with Crippen LogP contribution in [0.5, 0.6) is 17.2 Å². The van der Waals surface area contributed by atoms with Crippen molar-refractivity contribution in [3.05, 3.63) is 82.5 Å². The van der Waals surface area contributed by atoms with E-state index < -0.39 is 0 Å². The molecule has 170 valence electrons. The van der Waals surface area contributed by atoms with Crippen LogP contribution in [0.25, 0.3) is 6.08 Å². The highest BCUT2D eigenvalue weighted by molar-refractivity contribution is 6.09. The van der Waals surface area contributed by atoms with Crippen molar-refractivity contribution >= 4 is 11.9 Å². The van der Waals surface area contributed by atoms with E-state index in [0.29, 0.717) is 23.5 Å². The molecule has 0 unspecified atom stereocenters. The molecule has 0 aliphatic rings. The molecule has 0 aliphatic carbocycles. The second-order valence-corrected chi connectivity index (χ2v) is 7.91. The smallest absolute Gasteiger partial charge is 0.189 e. The lowest BCUT2D eigenvalue weighted by atomic mass is 10.00. The second kappa shape index (κ2) is 12.6. The summed E-state index contributed by atoms with van der Waals surface area (Å²) in [4.78, 5) is 13.0. The molecule has 2 rings (SSSR count). The summed E-state index contributed by atoms with van der Waals surface area (Å²) in [5, 5.41) is 0. The summed E-state index contributed by atoms with van der Waals surface area (Å²) >= 11 is 0. The van der Waals surface area contributed by atoms with Gasteiger partial charge in [0.15, 0.2) is 5.78 Å². The molecular weight excluding hydrogens is 400 g/mol. The van der Waals surface area contributed by atoms with Crippen LogP contribution in [0.4, 0.5) is 0 Å². The van der Waals surface area contributed by atoms with Crippen molar-refractivity contribution in [2.45, 2.75) is 40.0 Å². The average molecular weight is 435 g/mol. The van der Waals surface area contributed by atoms with Crippen molar-refractivity contribution in [1.82, 2.24) is 0 Å². The molecule has 2 aromatic rings. The van der Waals surface area contributed by atoms with Gasteiger partial charge in [-0.1, -0.05) is 41.5 Å². The van der Waals surface area contributed by atoms with Gasteiger partial charge in [0.2, 0.25) is 0 Å². The molecule has 4 nitrogen and oxygen atoms in total. The summed E-state index contributed by atoms with van der Waals surface area (Å²) < 4.78 is 16.2. The summed E-state index contributed by atoms with van der Waals surface area (Å²) in [6, 6.07) is 11.2. The Hall–Kier alpha value is -3.27. The summed E-state index contributed by atoms with van der Waals surface area (Å²) in [7, 11) is 4.82. The number of rotatable bonds is 11. The lowest BCUT2D eigenvalue weighted by Gasteiger charge is -2.13. The van der Waals surface area contributed by atoms with Gasteiger partial charge in [0.25, 0.3) is 0 Å². The monoisotopic (exact) mass is 434 g/mol. The molecule has 0 bridgehead atoms. The number of methoxy groups -OCH3 is 3. The number of ketones is 1. The average Bonchev–Trinajstić information content (AvgIpc) is 2.80. The van der Waals surface area contributed by atoms with E-state index in [4.69, 9.17) is 14.2 Å². The Morgan fingerprint density at radius 3 is 2.16 bits per heavy atom. The van der Waals surface area contributed by atoms with E-state index >= 15 is 0 Å². The number of carbonyl (C=O) groups is 1. The van der Waals surface area contributed by atoms with E-state index in [1.807, 2.05) is 30.3 Å². The number of hydrogen-bond donors (Lipinski definition) is 0. The lowest BCUT2D eigenvalue weighted by Crippen LogP contribution is -2.03. The van der Waals surface area contributed by atoms with Crippen LogP contribution in [0.2, 0.25) is 0 Å².